The number of amides is 1. The lowest BCUT2D eigenvalue weighted by Gasteiger charge is -2.07. The van der Waals surface area contributed by atoms with Crippen molar-refractivity contribution >= 4 is 57.7 Å². The molecule has 0 radical (unpaired) electrons. The molecule has 0 aliphatic carbocycles. The largest absolute Gasteiger partial charge is 0.370 e. The van der Waals surface area contributed by atoms with Gasteiger partial charge >= 0.3 is 0 Å². The monoisotopic (exact) mass is 333 g/mol. The molecule has 1 amide bonds. The summed E-state index contributed by atoms with van der Waals surface area (Å²) in [5.41, 5.74) is 10.7. The number of nitrogens with one attached hydrogen (secondary N) is 2. The smallest absolute Gasteiger partial charge is 0.225 e. The molecule has 108 valence electrons. The van der Waals surface area contributed by atoms with E-state index in [0.29, 0.717) is 21.5 Å². The lowest BCUT2D eigenvalue weighted by Crippen LogP contribution is -2.23. The predicted molar refractivity (Wildman–Crippen MR) is 85.7 cm³/mol. The molecule has 0 heterocycles. The van der Waals surface area contributed by atoms with Gasteiger partial charge in [0.2, 0.25) is 5.91 Å². The van der Waals surface area contributed by atoms with Gasteiger partial charge in [0.05, 0.1) is 10.7 Å². The quantitative estimate of drug-likeness (QED) is 0.499. The minimum Gasteiger partial charge on any atom is -0.370 e. The molecule has 0 aliphatic rings. The third-order valence-electron chi connectivity index (χ3n) is 2.00. The Kier molecular flexibility index (Phi) is 6.63. The zero-order valence-corrected chi connectivity index (χ0v) is 12.6. The van der Waals surface area contributed by atoms with Crippen LogP contribution in [0.2, 0.25) is 10.0 Å². The van der Waals surface area contributed by atoms with Gasteiger partial charge < -0.3 is 16.8 Å². The highest BCUT2D eigenvalue weighted by Crippen LogP contribution is 2.25. The average Bonchev–Trinajstić information content (AvgIpc) is 2.33. The second-order valence-electron chi connectivity index (χ2n) is 3.61. The number of hydrogen-bond acceptors (Lipinski definition) is 3. The Hall–Kier alpha value is -1.44. The lowest BCUT2D eigenvalue weighted by molar-refractivity contribution is -0.115. The highest BCUT2D eigenvalue weighted by molar-refractivity contribution is 8.13. The Morgan fingerprint density at radius 3 is 2.75 bits per heavy atom. The van der Waals surface area contributed by atoms with Crippen LogP contribution < -0.4 is 16.8 Å². The van der Waals surface area contributed by atoms with Gasteiger partial charge in [0.15, 0.2) is 11.1 Å². The van der Waals surface area contributed by atoms with E-state index in [0.717, 1.165) is 11.8 Å². The van der Waals surface area contributed by atoms with E-state index in [4.69, 9.17) is 40.1 Å². The van der Waals surface area contributed by atoms with Crippen molar-refractivity contribution in [3.63, 3.8) is 0 Å². The number of carbonyl (C=O) groups is 1. The molecule has 0 aromatic heterocycles. The summed E-state index contributed by atoms with van der Waals surface area (Å²) < 4.78 is 0. The van der Waals surface area contributed by atoms with Crippen molar-refractivity contribution in [2.24, 2.45) is 16.5 Å². The molecule has 0 unspecified atom stereocenters. The maximum atomic E-state index is 11.7. The van der Waals surface area contributed by atoms with Crippen molar-refractivity contribution in [3.05, 3.63) is 28.2 Å². The first kappa shape index (κ1) is 16.6. The van der Waals surface area contributed by atoms with E-state index >= 15 is 0 Å². The van der Waals surface area contributed by atoms with E-state index in [2.05, 4.69) is 10.3 Å². The number of benzene rings is 1. The minimum atomic E-state index is -0.237. The first-order valence-corrected chi connectivity index (χ1v) is 7.18. The third-order valence-corrected chi connectivity index (χ3v) is 3.34. The highest BCUT2D eigenvalue weighted by Gasteiger charge is 2.07. The fourth-order valence-corrected chi connectivity index (χ4v) is 2.18. The molecular formula is C11H13Cl2N5OS. The molecule has 0 saturated carbocycles. The van der Waals surface area contributed by atoms with Crippen LogP contribution in [0.3, 0.4) is 0 Å². The van der Waals surface area contributed by atoms with Crippen molar-refractivity contribution in [2.75, 3.05) is 11.1 Å². The van der Waals surface area contributed by atoms with Crippen LogP contribution >= 0.6 is 35.0 Å². The number of halogens is 2. The van der Waals surface area contributed by atoms with Crippen LogP contribution in [0.15, 0.2) is 23.2 Å². The van der Waals surface area contributed by atoms with Gasteiger partial charge in [0, 0.05) is 17.2 Å². The Bertz CT molecular complexity index is 546. The number of carbonyl (C=O) groups excluding carboxylic acids is 1. The molecule has 20 heavy (non-hydrogen) atoms. The predicted octanol–water partition coefficient (Wildman–Crippen LogP) is 2.26. The molecule has 0 bridgehead atoms. The van der Waals surface area contributed by atoms with Crippen LogP contribution in [0.4, 0.5) is 5.69 Å². The zero-order chi connectivity index (χ0) is 15.1. The molecule has 0 spiro atoms. The van der Waals surface area contributed by atoms with Gasteiger partial charge in [-0.2, -0.15) is 4.99 Å². The minimum absolute atomic E-state index is 0.0430. The second-order valence-corrected chi connectivity index (χ2v) is 5.54. The van der Waals surface area contributed by atoms with Gasteiger partial charge in [0.25, 0.3) is 0 Å². The van der Waals surface area contributed by atoms with E-state index in [1.54, 1.807) is 18.2 Å². The summed E-state index contributed by atoms with van der Waals surface area (Å²) in [6.07, 6.45) is 0.190. The van der Waals surface area contributed by atoms with E-state index in [9.17, 15) is 4.79 Å². The van der Waals surface area contributed by atoms with E-state index in [1.165, 1.54) is 0 Å². The van der Waals surface area contributed by atoms with E-state index in [-0.39, 0.29) is 23.5 Å². The van der Waals surface area contributed by atoms with Crippen LogP contribution in [0.5, 0.6) is 0 Å². The van der Waals surface area contributed by atoms with Gasteiger partial charge in [-0.1, -0.05) is 35.0 Å². The number of guanidine groups is 1. The molecule has 6 nitrogen and oxygen atoms in total. The number of thioether (sulfide) groups is 1. The summed E-state index contributed by atoms with van der Waals surface area (Å²) in [6, 6.07) is 4.80. The van der Waals surface area contributed by atoms with E-state index < -0.39 is 0 Å². The van der Waals surface area contributed by atoms with Crippen molar-refractivity contribution in [3.8, 4) is 0 Å². The third kappa shape index (κ3) is 6.14. The van der Waals surface area contributed by atoms with Gasteiger partial charge in [0.1, 0.15) is 0 Å². The summed E-state index contributed by atoms with van der Waals surface area (Å²) in [7, 11) is 0. The maximum Gasteiger partial charge on any atom is 0.225 e. The van der Waals surface area contributed by atoms with Gasteiger partial charge in [-0.25, -0.2) is 0 Å². The number of anilines is 1. The SMILES string of the molecule is N=C(N=C(N)N)SCCC(=O)Nc1cc(Cl)ccc1Cl. The Morgan fingerprint density at radius 2 is 2.10 bits per heavy atom. The fourth-order valence-electron chi connectivity index (χ4n) is 1.20. The normalized spacial score (nSPS) is 9.90. The van der Waals surface area contributed by atoms with Crippen LogP contribution in [0, 0.1) is 5.41 Å². The average molecular weight is 334 g/mol. The van der Waals surface area contributed by atoms with Crippen molar-refractivity contribution in [2.45, 2.75) is 6.42 Å². The maximum absolute atomic E-state index is 11.7. The van der Waals surface area contributed by atoms with Crippen LogP contribution in [-0.4, -0.2) is 22.8 Å². The molecule has 1 aromatic rings. The fraction of sp³-hybridized carbons (Fsp3) is 0.182. The van der Waals surface area contributed by atoms with Gasteiger partial charge in [-0.15, -0.1) is 0 Å². The number of amidine groups is 1. The Labute approximate surface area is 130 Å². The molecule has 0 fully saturated rings. The van der Waals surface area contributed by atoms with Crippen molar-refractivity contribution in [1.29, 1.82) is 5.41 Å². The van der Waals surface area contributed by atoms with Crippen LogP contribution in [0.1, 0.15) is 6.42 Å². The van der Waals surface area contributed by atoms with Crippen LogP contribution in [-0.2, 0) is 4.79 Å². The summed E-state index contributed by atoms with van der Waals surface area (Å²) in [6.45, 7) is 0. The number of nitrogens with two attached hydrogens (primary N) is 2. The molecule has 9 heteroatoms. The van der Waals surface area contributed by atoms with E-state index in [1.807, 2.05) is 0 Å². The second kappa shape index (κ2) is 7.98. The van der Waals surface area contributed by atoms with Crippen LogP contribution in [0.25, 0.3) is 0 Å². The topological polar surface area (TPSA) is 117 Å². The number of aliphatic imine (C=N–C) groups is 1. The van der Waals surface area contributed by atoms with Crippen molar-refractivity contribution < 1.29 is 4.79 Å². The highest BCUT2D eigenvalue weighted by atomic mass is 35.5. The Morgan fingerprint density at radius 1 is 1.40 bits per heavy atom. The molecule has 0 atom stereocenters. The first-order valence-electron chi connectivity index (χ1n) is 5.44. The summed E-state index contributed by atoms with van der Waals surface area (Å²) in [5.74, 6) is -0.0450. The lowest BCUT2D eigenvalue weighted by atomic mass is 10.3. The Balaban J connectivity index is 2.43. The molecular weight excluding hydrogens is 321 g/mol. The summed E-state index contributed by atoms with van der Waals surface area (Å²) >= 11 is 12.8. The molecule has 1 aromatic carbocycles. The summed E-state index contributed by atoms with van der Waals surface area (Å²) in [4.78, 5) is 15.2. The molecule has 0 aliphatic heterocycles. The van der Waals surface area contributed by atoms with Gasteiger partial charge in [-0.05, 0) is 18.2 Å². The molecule has 1 rings (SSSR count). The number of nitrogens with zero attached hydrogens (tertiary/aromatic N) is 1. The summed E-state index contributed by atoms with van der Waals surface area (Å²) in [5, 5.41) is 10.9. The number of rotatable bonds is 4. The molecule has 6 N–H and O–H groups in total. The standard InChI is InChI=1S/C11H13Cl2N5OS/c12-6-1-2-7(13)8(5-6)17-9(19)3-4-20-11(16)18-10(14)15/h1-2,5H,3-4H2,(H,17,19)(H5,14,15,16,18). The first-order chi connectivity index (χ1) is 9.38. The van der Waals surface area contributed by atoms with Crippen molar-refractivity contribution in [1.82, 2.24) is 0 Å². The zero-order valence-electron chi connectivity index (χ0n) is 10.3. The number of hydrogen-bond donors (Lipinski definition) is 4. The van der Waals surface area contributed by atoms with Gasteiger partial charge in [-0.3, -0.25) is 10.2 Å². The molecule has 0 saturated heterocycles.